The highest BCUT2D eigenvalue weighted by Gasteiger charge is 2.20. The number of benzene rings is 1. The lowest BCUT2D eigenvalue weighted by Crippen LogP contribution is -2.29. The van der Waals surface area contributed by atoms with Gasteiger partial charge in [-0.1, -0.05) is 5.92 Å². The van der Waals surface area contributed by atoms with E-state index < -0.39 is 0 Å². The Morgan fingerprint density at radius 2 is 1.93 bits per heavy atom. The maximum Gasteiger partial charge on any atom is 0.249 e. The second-order valence-corrected chi connectivity index (χ2v) is 7.07. The largest absolute Gasteiger partial charge is 0.497 e. The van der Waals surface area contributed by atoms with E-state index >= 15 is 0 Å². The quantitative estimate of drug-likeness (QED) is 0.623. The van der Waals surface area contributed by atoms with Crippen LogP contribution in [0.25, 0.3) is 11.0 Å². The molecule has 3 aromatic rings. The molecule has 1 saturated heterocycles. The zero-order valence-corrected chi connectivity index (χ0v) is 16.3. The number of likely N-dealkylation sites (tertiary alicyclic amines) is 1. The number of methoxy groups -OCH3 is 1. The van der Waals surface area contributed by atoms with Crippen LogP contribution < -0.4 is 9.47 Å². The predicted molar refractivity (Wildman–Crippen MR) is 108 cm³/mol. The molecule has 6 nitrogen and oxygen atoms in total. The van der Waals surface area contributed by atoms with Gasteiger partial charge in [0.2, 0.25) is 11.8 Å². The van der Waals surface area contributed by atoms with Gasteiger partial charge in [0, 0.05) is 29.3 Å². The van der Waals surface area contributed by atoms with Crippen LogP contribution >= 0.6 is 11.3 Å². The summed E-state index contributed by atoms with van der Waals surface area (Å²) >= 11 is 1.54. The monoisotopic (exact) mass is 393 g/mol. The van der Waals surface area contributed by atoms with Crippen LogP contribution in [0.2, 0.25) is 0 Å². The molecule has 1 aromatic carbocycles. The number of rotatable bonds is 5. The summed E-state index contributed by atoms with van der Waals surface area (Å²) in [6, 6.07) is 7.51. The lowest BCUT2D eigenvalue weighted by Gasteiger charge is -2.15. The van der Waals surface area contributed by atoms with Crippen LogP contribution in [-0.4, -0.2) is 47.6 Å². The second-order valence-electron chi connectivity index (χ2n) is 6.33. The zero-order chi connectivity index (χ0) is 19.3. The standard InChI is InChI=1S/C21H19N3O3S/c1-26-16-7-4-15(5-8-16)6-9-17-21(23-19-14-28-13-18(19)22-17)27-12-11-24-10-2-3-20(24)25/h4-5,7-8,13-14H,2-3,10-12H2,1H3. The summed E-state index contributed by atoms with van der Waals surface area (Å²) in [7, 11) is 1.63. The third-order valence-corrected chi connectivity index (χ3v) is 5.18. The number of fused-ring (bicyclic) bond motifs is 1. The first-order chi connectivity index (χ1) is 13.7. The van der Waals surface area contributed by atoms with Gasteiger partial charge in [-0.3, -0.25) is 4.79 Å². The number of aromatic nitrogens is 2. The number of hydrogen-bond donors (Lipinski definition) is 0. The highest BCUT2D eigenvalue weighted by Crippen LogP contribution is 2.22. The number of thiophene rings is 1. The molecular formula is C21H19N3O3S. The molecule has 3 heterocycles. The minimum absolute atomic E-state index is 0.183. The molecule has 1 aliphatic heterocycles. The Balaban J connectivity index is 1.54. The van der Waals surface area contributed by atoms with Crippen LogP contribution in [0.1, 0.15) is 24.1 Å². The first-order valence-electron chi connectivity index (χ1n) is 9.03. The fraction of sp³-hybridized carbons (Fsp3) is 0.286. The molecule has 0 aliphatic carbocycles. The average molecular weight is 393 g/mol. The molecule has 0 saturated carbocycles. The topological polar surface area (TPSA) is 64.6 Å². The van der Waals surface area contributed by atoms with Gasteiger partial charge in [-0.25, -0.2) is 9.97 Å². The number of ether oxygens (including phenoxy) is 2. The van der Waals surface area contributed by atoms with Crippen molar-refractivity contribution in [1.82, 2.24) is 14.9 Å². The fourth-order valence-corrected chi connectivity index (χ4v) is 3.64. The highest BCUT2D eigenvalue weighted by atomic mass is 32.1. The first kappa shape index (κ1) is 18.3. The highest BCUT2D eigenvalue weighted by molar-refractivity contribution is 7.09. The molecular weight excluding hydrogens is 374 g/mol. The van der Waals surface area contributed by atoms with Crippen molar-refractivity contribution >= 4 is 28.3 Å². The molecule has 0 unspecified atom stereocenters. The van der Waals surface area contributed by atoms with E-state index in [2.05, 4.69) is 21.8 Å². The minimum atomic E-state index is 0.183. The Morgan fingerprint density at radius 1 is 1.14 bits per heavy atom. The van der Waals surface area contributed by atoms with Crippen molar-refractivity contribution in [1.29, 1.82) is 0 Å². The number of carbonyl (C=O) groups is 1. The van der Waals surface area contributed by atoms with E-state index in [0.717, 1.165) is 35.3 Å². The maximum absolute atomic E-state index is 11.7. The Kier molecular flexibility index (Phi) is 5.40. The molecule has 0 N–H and O–H groups in total. The summed E-state index contributed by atoms with van der Waals surface area (Å²) in [6.45, 7) is 1.71. The number of carbonyl (C=O) groups excluding carboxylic acids is 1. The van der Waals surface area contributed by atoms with Crippen molar-refractivity contribution in [3.8, 4) is 23.5 Å². The van der Waals surface area contributed by atoms with Crippen molar-refractivity contribution in [3.05, 3.63) is 46.3 Å². The van der Waals surface area contributed by atoms with E-state index in [1.165, 1.54) is 11.3 Å². The van der Waals surface area contributed by atoms with Crippen LogP contribution in [0.3, 0.4) is 0 Å². The third-order valence-electron chi connectivity index (χ3n) is 4.47. The van der Waals surface area contributed by atoms with Crippen LogP contribution in [0.15, 0.2) is 35.0 Å². The summed E-state index contributed by atoms with van der Waals surface area (Å²) < 4.78 is 11.0. The van der Waals surface area contributed by atoms with Crippen molar-refractivity contribution in [3.63, 3.8) is 0 Å². The lowest BCUT2D eigenvalue weighted by atomic mass is 10.2. The number of nitrogens with zero attached hydrogens (tertiary/aromatic N) is 3. The van der Waals surface area contributed by atoms with Gasteiger partial charge in [-0.2, -0.15) is 0 Å². The van der Waals surface area contributed by atoms with E-state index in [9.17, 15) is 4.79 Å². The van der Waals surface area contributed by atoms with E-state index in [1.807, 2.05) is 39.9 Å². The Labute approximate surface area is 167 Å². The Morgan fingerprint density at radius 3 is 2.64 bits per heavy atom. The third kappa shape index (κ3) is 4.07. The molecule has 0 spiro atoms. The summed E-state index contributed by atoms with van der Waals surface area (Å²) in [5.41, 5.74) is 2.93. The van der Waals surface area contributed by atoms with Gasteiger partial charge in [0.05, 0.1) is 13.7 Å². The molecule has 7 heteroatoms. The van der Waals surface area contributed by atoms with Gasteiger partial charge in [0.1, 0.15) is 23.4 Å². The van der Waals surface area contributed by atoms with Gasteiger partial charge >= 0.3 is 0 Å². The lowest BCUT2D eigenvalue weighted by molar-refractivity contribution is -0.128. The second kappa shape index (κ2) is 8.28. The van der Waals surface area contributed by atoms with Crippen LogP contribution in [0, 0.1) is 11.8 Å². The normalized spacial score (nSPS) is 13.5. The predicted octanol–water partition coefficient (Wildman–Crippen LogP) is 3.10. The molecule has 142 valence electrons. The van der Waals surface area contributed by atoms with Gasteiger partial charge in [-0.05, 0) is 36.6 Å². The average Bonchev–Trinajstić information content (AvgIpc) is 3.35. The molecule has 1 aliphatic rings. The molecule has 28 heavy (non-hydrogen) atoms. The summed E-state index contributed by atoms with van der Waals surface area (Å²) in [5.74, 6) is 7.54. The Hall–Kier alpha value is -3.11. The van der Waals surface area contributed by atoms with Crippen LogP contribution in [0.5, 0.6) is 11.6 Å². The first-order valence-corrected chi connectivity index (χ1v) is 9.98. The molecule has 1 fully saturated rings. The van der Waals surface area contributed by atoms with E-state index in [1.54, 1.807) is 7.11 Å². The Bertz CT molecular complexity index is 1050. The van der Waals surface area contributed by atoms with Crippen molar-refractivity contribution < 1.29 is 14.3 Å². The summed E-state index contributed by atoms with van der Waals surface area (Å²) in [5, 5.41) is 3.87. The van der Waals surface area contributed by atoms with E-state index in [0.29, 0.717) is 31.1 Å². The maximum atomic E-state index is 11.7. The molecule has 0 atom stereocenters. The smallest absolute Gasteiger partial charge is 0.249 e. The molecule has 0 bridgehead atoms. The SMILES string of the molecule is COc1ccc(C#Cc2nc3cscc3nc2OCCN2CCCC2=O)cc1. The van der Waals surface area contributed by atoms with Crippen LogP contribution in [-0.2, 0) is 4.79 Å². The fourth-order valence-electron chi connectivity index (χ4n) is 2.96. The van der Waals surface area contributed by atoms with Crippen LogP contribution in [0.4, 0.5) is 0 Å². The number of amides is 1. The van der Waals surface area contributed by atoms with E-state index in [4.69, 9.17) is 9.47 Å². The van der Waals surface area contributed by atoms with Crippen molar-refractivity contribution in [2.24, 2.45) is 0 Å². The molecule has 0 radical (unpaired) electrons. The zero-order valence-electron chi connectivity index (χ0n) is 15.5. The molecule has 4 rings (SSSR count). The van der Waals surface area contributed by atoms with Gasteiger partial charge in [-0.15, -0.1) is 11.3 Å². The van der Waals surface area contributed by atoms with E-state index in [-0.39, 0.29) is 5.91 Å². The summed E-state index contributed by atoms with van der Waals surface area (Å²) in [4.78, 5) is 22.7. The van der Waals surface area contributed by atoms with Crippen molar-refractivity contribution in [2.45, 2.75) is 12.8 Å². The molecule has 1 amide bonds. The van der Waals surface area contributed by atoms with Gasteiger partial charge in [0.25, 0.3) is 0 Å². The summed E-state index contributed by atoms with van der Waals surface area (Å²) in [6.07, 6.45) is 1.54. The minimum Gasteiger partial charge on any atom is -0.497 e. The van der Waals surface area contributed by atoms with Crippen molar-refractivity contribution in [2.75, 3.05) is 26.8 Å². The van der Waals surface area contributed by atoms with Gasteiger partial charge < -0.3 is 14.4 Å². The molecule has 2 aromatic heterocycles. The van der Waals surface area contributed by atoms with Gasteiger partial charge in [0.15, 0.2) is 5.69 Å². The number of hydrogen-bond acceptors (Lipinski definition) is 6.